The summed E-state index contributed by atoms with van der Waals surface area (Å²) in [5.41, 5.74) is 1.12. The molecule has 0 saturated heterocycles. The molecule has 1 aliphatic heterocycles. The Bertz CT molecular complexity index is 599. The minimum Gasteiger partial charge on any atom is -0.481 e. The van der Waals surface area contributed by atoms with Crippen LogP contribution in [-0.2, 0) is 0 Å². The number of hydrogen-bond donors (Lipinski definition) is 1. The van der Waals surface area contributed by atoms with Crippen LogP contribution < -0.4 is 10.1 Å². The van der Waals surface area contributed by atoms with Crippen molar-refractivity contribution in [3.8, 4) is 5.75 Å². The van der Waals surface area contributed by atoms with Gasteiger partial charge in [-0.2, -0.15) is 0 Å². The summed E-state index contributed by atoms with van der Waals surface area (Å²) in [6.45, 7) is 5.37. The highest BCUT2D eigenvalue weighted by atomic mass is 32.2. The van der Waals surface area contributed by atoms with Gasteiger partial charge >= 0.3 is 0 Å². The molecular weight excluding hydrogens is 300 g/mol. The van der Waals surface area contributed by atoms with Crippen molar-refractivity contribution in [1.29, 1.82) is 0 Å². The molecular formula is C16H20N2OS2. The summed E-state index contributed by atoms with van der Waals surface area (Å²) >= 11 is 3.55. The first kappa shape index (κ1) is 14.9. The van der Waals surface area contributed by atoms with Crippen LogP contribution in [0.2, 0.25) is 0 Å². The molecule has 2 aromatic rings. The van der Waals surface area contributed by atoms with Crippen molar-refractivity contribution < 1.29 is 4.74 Å². The van der Waals surface area contributed by atoms with Crippen molar-refractivity contribution in [2.24, 2.45) is 0 Å². The van der Waals surface area contributed by atoms with Gasteiger partial charge in [-0.15, -0.1) is 23.1 Å². The maximum atomic E-state index is 6.10. The molecule has 112 valence electrons. The van der Waals surface area contributed by atoms with E-state index in [2.05, 4.69) is 36.7 Å². The van der Waals surface area contributed by atoms with Gasteiger partial charge in [0.05, 0.1) is 5.69 Å². The predicted octanol–water partition coefficient (Wildman–Crippen LogP) is 4.43. The molecule has 1 aromatic heterocycles. The third-order valence-corrected chi connectivity index (χ3v) is 5.54. The Morgan fingerprint density at radius 1 is 1.43 bits per heavy atom. The van der Waals surface area contributed by atoms with Crippen molar-refractivity contribution in [3.05, 3.63) is 40.3 Å². The molecule has 2 unspecified atom stereocenters. The van der Waals surface area contributed by atoms with E-state index >= 15 is 0 Å². The molecule has 0 spiro atoms. The summed E-state index contributed by atoms with van der Waals surface area (Å²) in [4.78, 5) is 6.00. The van der Waals surface area contributed by atoms with Gasteiger partial charge in [-0.3, -0.25) is 0 Å². The number of nitrogens with one attached hydrogen (secondary N) is 1. The molecule has 1 N–H and O–H groups in total. The number of fused-ring (bicyclic) bond motifs is 1. The Morgan fingerprint density at radius 3 is 3.14 bits per heavy atom. The first-order valence-corrected chi connectivity index (χ1v) is 9.21. The second kappa shape index (κ2) is 6.81. The van der Waals surface area contributed by atoms with E-state index in [-0.39, 0.29) is 6.10 Å². The zero-order valence-electron chi connectivity index (χ0n) is 12.3. The van der Waals surface area contributed by atoms with Crippen molar-refractivity contribution >= 4 is 23.1 Å². The molecule has 3 nitrogen and oxygen atoms in total. The minimum atomic E-state index is 0.0713. The van der Waals surface area contributed by atoms with Crippen LogP contribution in [-0.4, -0.2) is 17.3 Å². The lowest BCUT2D eigenvalue weighted by Crippen LogP contribution is -2.20. The van der Waals surface area contributed by atoms with Crippen LogP contribution in [0.25, 0.3) is 0 Å². The first-order chi connectivity index (χ1) is 10.3. The van der Waals surface area contributed by atoms with E-state index in [0.29, 0.717) is 6.04 Å². The topological polar surface area (TPSA) is 34.1 Å². The molecule has 2 atom stereocenters. The Balaban J connectivity index is 1.70. The fourth-order valence-electron chi connectivity index (χ4n) is 2.25. The van der Waals surface area contributed by atoms with Crippen molar-refractivity contribution in [2.75, 3.05) is 12.3 Å². The summed E-state index contributed by atoms with van der Waals surface area (Å²) in [5.74, 6) is 1.91. The molecule has 1 aliphatic rings. The third-order valence-electron chi connectivity index (χ3n) is 3.47. The predicted molar refractivity (Wildman–Crippen MR) is 89.4 cm³/mol. The summed E-state index contributed by atoms with van der Waals surface area (Å²) < 4.78 is 6.10. The second-order valence-electron chi connectivity index (χ2n) is 5.15. The van der Waals surface area contributed by atoms with E-state index in [4.69, 9.17) is 9.72 Å². The summed E-state index contributed by atoms with van der Waals surface area (Å²) in [6.07, 6.45) is 1.21. The fourth-order valence-corrected chi connectivity index (χ4v) is 4.29. The molecule has 0 fully saturated rings. The van der Waals surface area contributed by atoms with E-state index in [9.17, 15) is 0 Å². The Hall–Kier alpha value is -1.04. The molecule has 2 heterocycles. The number of hydrogen-bond acceptors (Lipinski definition) is 5. The van der Waals surface area contributed by atoms with Gasteiger partial charge < -0.3 is 10.1 Å². The van der Waals surface area contributed by atoms with Crippen LogP contribution in [0.15, 0.2) is 34.5 Å². The SMILES string of the molecule is CCCNC(C)c1csc(C2CSc3ccccc3O2)n1. The van der Waals surface area contributed by atoms with E-state index < -0.39 is 0 Å². The fraction of sp³-hybridized carbons (Fsp3) is 0.438. The summed E-state index contributed by atoms with van der Waals surface area (Å²) in [6, 6.07) is 8.52. The number of aromatic nitrogens is 1. The van der Waals surface area contributed by atoms with Gasteiger partial charge in [-0.25, -0.2) is 4.98 Å². The minimum absolute atomic E-state index is 0.0713. The van der Waals surface area contributed by atoms with Gasteiger partial charge in [-0.05, 0) is 32.0 Å². The lowest BCUT2D eigenvalue weighted by Gasteiger charge is -2.23. The average molecular weight is 320 g/mol. The second-order valence-corrected chi connectivity index (χ2v) is 7.10. The average Bonchev–Trinajstić information content (AvgIpc) is 3.02. The highest BCUT2D eigenvalue weighted by molar-refractivity contribution is 7.99. The van der Waals surface area contributed by atoms with E-state index in [0.717, 1.165) is 35.2 Å². The molecule has 0 aliphatic carbocycles. The monoisotopic (exact) mass is 320 g/mol. The van der Waals surface area contributed by atoms with Crippen LogP contribution in [0.1, 0.15) is 43.1 Å². The lowest BCUT2D eigenvalue weighted by atomic mass is 10.2. The highest BCUT2D eigenvalue weighted by Gasteiger charge is 2.24. The number of benzene rings is 1. The standard InChI is InChI=1S/C16H20N2OS2/c1-3-8-17-11(2)12-9-21-16(18-12)14-10-20-15-7-5-4-6-13(15)19-14/h4-7,9,11,14,17H,3,8,10H2,1-2H3. The molecule has 1 aromatic carbocycles. The van der Waals surface area contributed by atoms with E-state index in [1.807, 2.05) is 23.9 Å². The van der Waals surface area contributed by atoms with Crippen LogP contribution in [0.4, 0.5) is 0 Å². The van der Waals surface area contributed by atoms with Crippen LogP contribution in [0.3, 0.4) is 0 Å². The number of para-hydroxylation sites is 1. The number of rotatable bonds is 5. The normalized spacial score (nSPS) is 18.9. The van der Waals surface area contributed by atoms with Crippen LogP contribution in [0.5, 0.6) is 5.75 Å². The lowest BCUT2D eigenvalue weighted by molar-refractivity contribution is 0.219. The number of thiazole rings is 1. The van der Waals surface area contributed by atoms with Gasteiger partial charge in [0.15, 0.2) is 6.10 Å². The zero-order valence-corrected chi connectivity index (χ0v) is 14.0. The van der Waals surface area contributed by atoms with E-state index in [1.165, 1.54) is 4.90 Å². The Labute approximate surface area is 134 Å². The number of thioether (sulfide) groups is 1. The van der Waals surface area contributed by atoms with E-state index in [1.54, 1.807) is 11.3 Å². The van der Waals surface area contributed by atoms with Crippen LogP contribution >= 0.6 is 23.1 Å². The molecule has 0 bridgehead atoms. The molecule has 0 amide bonds. The summed E-state index contributed by atoms with van der Waals surface area (Å²) in [7, 11) is 0. The summed E-state index contributed by atoms with van der Waals surface area (Å²) in [5, 5.41) is 6.71. The van der Waals surface area contributed by atoms with Gasteiger partial charge in [0.25, 0.3) is 0 Å². The van der Waals surface area contributed by atoms with Gasteiger partial charge in [0.2, 0.25) is 0 Å². The quantitative estimate of drug-likeness (QED) is 0.884. The maximum Gasteiger partial charge on any atom is 0.159 e. The zero-order chi connectivity index (χ0) is 14.7. The van der Waals surface area contributed by atoms with Gasteiger partial charge in [0.1, 0.15) is 10.8 Å². The van der Waals surface area contributed by atoms with Crippen molar-refractivity contribution in [1.82, 2.24) is 10.3 Å². The smallest absolute Gasteiger partial charge is 0.159 e. The Morgan fingerprint density at radius 2 is 2.29 bits per heavy atom. The van der Waals surface area contributed by atoms with Crippen LogP contribution in [0, 0.1) is 0 Å². The van der Waals surface area contributed by atoms with Crippen molar-refractivity contribution in [2.45, 2.75) is 37.3 Å². The number of ether oxygens (including phenoxy) is 1. The highest BCUT2D eigenvalue weighted by Crippen LogP contribution is 2.40. The van der Waals surface area contributed by atoms with Gasteiger partial charge in [0, 0.05) is 22.1 Å². The number of nitrogens with zero attached hydrogens (tertiary/aromatic N) is 1. The molecule has 3 rings (SSSR count). The maximum absolute atomic E-state index is 6.10. The molecule has 0 saturated carbocycles. The van der Waals surface area contributed by atoms with Gasteiger partial charge in [-0.1, -0.05) is 19.1 Å². The molecule has 0 radical (unpaired) electrons. The largest absolute Gasteiger partial charge is 0.481 e. The molecule has 21 heavy (non-hydrogen) atoms. The van der Waals surface area contributed by atoms with Crippen molar-refractivity contribution in [3.63, 3.8) is 0 Å². The third kappa shape index (κ3) is 3.42. The molecule has 5 heteroatoms. The Kier molecular flexibility index (Phi) is 4.83. The first-order valence-electron chi connectivity index (χ1n) is 7.35.